The molecular weight excluding hydrogens is 320 g/mol. The predicted octanol–water partition coefficient (Wildman–Crippen LogP) is 1.07. The molecule has 96 valence electrons. The van der Waals surface area contributed by atoms with Crippen LogP contribution in [0.2, 0.25) is 0 Å². The van der Waals surface area contributed by atoms with Gasteiger partial charge in [0.2, 0.25) is 0 Å². The maximum absolute atomic E-state index is 11.8. The van der Waals surface area contributed by atoms with Crippen molar-refractivity contribution in [2.45, 2.75) is 13.1 Å². The highest BCUT2D eigenvalue weighted by Gasteiger charge is 2.08. The number of aliphatic hydroxyl groups is 1. The van der Waals surface area contributed by atoms with Gasteiger partial charge in [-0.25, -0.2) is 4.68 Å². The third-order valence-electron chi connectivity index (χ3n) is 2.23. The zero-order valence-electron chi connectivity index (χ0n) is 9.34. The molecule has 0 radical (unpaired) electrons. The lowest BCUT2D eigenvalue weighted by Gasteiger charge is -2.08. The molecule has 0 fully saturated rings. The molecule has 2 N–H and O–H groups in total. The highest BCUT2D eigenvalue weighted by molar-refractivity contribution is 9.10. The van der Waals surface area contributed by atoms with Crippen LogP contribution in [0.4, 0.5) is 5.69 Å². The number of hydrogen-bond donors (Lipinski definition) is 2. The molecule has 0 bridgehead atoms. The van der Waals surface area contributed by atoms with Crippen molar-refractivity contribution in [1.82, 2.24) is 14.8 Å². The fourth-order valence-electron chi connectivity index (χ4n) is 1.35. The average Bonchev–Trinajstić information content (AvgIpc) is 2.87. The maximum Gasteiger partial charge on any atom is 0.283 e. The Morgan fingerprint density at radius 1 is 1.50 bits per heavy atom. The molecule has 0 atom stereocenters. The van der Waals surface area contributed by atoms with Gasteiger partial charge < -0.3 is 10.4 Å². The number of rotatable bonds is 5. The second-order valence-electron chi connectivity index (χ2n) is 3.45. The van der Waals surface area contributed by atoms with Crippen LogP contribution in [0.25, 0.3) is 0 Å². The van der Waals surface area contributed by atoms with Gasteiger partial charge >= 0.3 is 0 Å². The summed E-state index contributed by atoms with van der Waals surface area (Å²) in [6, 6.07) is 0. The summed E-state index contributed by atoms with van der Waals surface area (Å²) in [7, 11) is 0. The first-order valence-corrected chi connectivity index (χ1v) is 6.87. The van der Waals surface area contributed by atoms with Crippen LogP contribution in [0.1, 0.15) is 4.88 Å². The van der Waals surface area contributed by atoms with Gasteiger partial charge in [0.15, 0.2) is 0 Å². The maximum atomic E-state index is 11.8. The number of nitrogens with one attached hydrogen (secondary N) is 1. The van der Waals surface area contributed by atoms with Crippen molar-refractivity contribution in [2.75, 3.05) is 11.9 Å². The molecule has 2 aromatic heterocycles. The van der Waals surface area contributed by atoms with Crippen LogP contribution in [0.5, 0.6) is 0 Å². The Kier molecular flexibility index (Phi) is 4.45. The molecule has 18 heavy (non-hydrogen) atoms. The van der Waals surface area contributed by atoms with Crippen molar-refractivity contribution in [1.29, 1.82) is 0 Å². The summed E-state index contributed by atoms with van der Waals surface area (Å²) in [4.78, 5) is 16.9. The van der Waals surface area contributed by atoms with Gasteiger partial charge in [0.05, 0.1) is 37.1 Å². The van der Waals surface area contributed by atoms with Crippen molar-refractivity contribution in [3.05, 3.63) is 37.6 Å². The van der Waals surface area contributed by atoms with Gasteiger partial charge in [-0.15, -0.1) is 11.3 Å². The van der Waals surface area contributed by atoms with E-state index in [0.29, 0.717) is 16.7 Å². The Bertz CT molecular complexity index is 570. The van der Waals surface area contributed by atoms with Gasteiger partial charge in [0.25, 0.3) is 5.56 Å². The first-order valence-electron chi connectivity index (χ1n) is 5.20. The summed E-state index contributed by atoms with van der Waals surface area (Å²) in [6.07, 6.45) is 3.33. The van der Waals surface area contributed by atoms with Gasteiger partial charge in [-0.3, -0.25) is 9.78 Å². The zero-order chi connectivity index (χ0) is 13.0. The van der Waals surface area contributed by atoms with E-state index in [1.807, 2.05) is 0 Å². The fraction of sp³-hybridized carbons (Fsp3) is 0.300. The van der Waals surface area contributed by atoms with Crippen molar-refractivity contribution in [3.8, 4) is 0 Å². The lowest BCUT2D eigenvalue weighted by Crippen LogP contribution is -2.25. The van der Waals surface area contributed by atoms with Crippen LogP contribution in [0.3, 0.4) is 0 Å². The molecule has 0 aliphatic rings. The minimum Gasteiger partial charge on any atom is -0.394 e. The number of thiazole rings is 1. The number of aromatic nitrogens is 3. The Labute approximate surface area is 115 Å². The highest BCUT2D eigenvalue weighted by atomic mass is 79.9. The highest BCUT2D eigenvalue weighted by Crippen LogP contribution is 2.17. The summed E-state index contributed by atoms with van der Waals surface area (Å²) in [5.41, 5.74) is 2.12. The summed E-state index contributed by atoms with van der Waals surface area (Å²) in [5.74, 6) is 0. The van der Waals surface area contributed by atoms with Gasteiger partial charge in [-0.1, -0.05) is 0 Å². The number of hydrogen-bond acceptors (Lipinski definition) is 6. The van der Waals surface area contributed by atoms with E-state index in [9.17, 15) is 4.79 Å². The summed E-state index contributed by atoms with van der Waals surface area (Å²) < 4.78 is 1.62. The zero-order valence-corrected chi connectivity index (χ0v) is 11.7. The van der Waals surface area contributed by atoms with Crippen LogP contribution < -0.4 is 10.9 Å². The molecular formula is C10H11BrN4O2S. The Morgan fingerprint density at radius 2 is 2.33 bits per heavy atom. The van der Waals surface area contributed by atoms with Crippen molar-refractivity contribution in [3.63, 3.8) is 0 Å². The minimum absolute atomic E-state index is 0.118. The van der Waals surface area contributed by atoms with Gasteiger partial charge in [-0.05, 0) is 15.9 Å². The lowest BCUT2D eigenvalue weighted by atomic mass is 10.4. The van der Waals surface area contributed by atoms with Crippen LogP contribution in [-0.4, -0.2) is 26.5 Å². The number of halogens is 1. The molecule has 2 rings (SSSR count). The van der Waals surface area contributed by atoms with Crippen LogP contribution >= 0.6 is 27.3 Å². The topological polar surface area (TPSA) is 80.0 Å². The number of aliphatic hydroxyl groups excluding tert-OH is 1. The Hall–Kier alpha value is -1.25. The van der Waals surface area contributed by atoms with Crippen LogP contribution in [0, 0.1) is 0 Å². The molecule has 0 aliphatic heterocycles. The van der Waals surface area contributed by atoms with E-state index < -0.39 is 0 Å². The quantitative estimate of drug-likeness (QED) is 0.857. The molecule has 2 heterocycles. The first kappa shape index (κ1) is 13.2. The Morgan fingerprint density at radius 3 is 3.00 bits per heavy atom. The molecule has 6 nitrogen and oxygen atoms in total. The number of anilines is 1. The van der Waals surface area contributed by atoms with E-state index >= 15 is 0 Å². The Balaban J connectivity index is 2.14. The summed E-state index contributed by atoms with van der Waals surface area (Å²) in [5, 5.41) is 15.9. The van der Waals surface area contributed by atoms with Crippen molar-refractivity contribution >= 4 is 33.0 Å². The van der Waals surface area contributed by atoms with E-state index in [4.69, 9.17) is 5.11 Å². The molecule has 0 saturated heterocycles. The smallest absolute Gasteiger partial charge is 0.283 e. The lowest BCUT2D eigenvalue weighted by molar-refractivity contribution is 0.266. The van der Waals surface area contributed by atoms with E-state index in [1.54, 1.807) is 17.9 Å². The SMILES string of the molecule is O=c1c(Br)c(NCc2cncs2)cnn1CCO. The van der Waals surface area contributed by atoms with Gasteiger partial charge in [0.1, 0.15) is 4.47 Å². The molecule has 2 aromatic rings. The molecule has 0 aliphatic carbocycles. The summed E-state index contributed by atoms with van der Waals surface area (Å²) >= 11 is 4.77. The molecule has 0 unspecified atom stereocenters. The molecule has 0 spiro atoms. The second-order valence-corrected chi connectivity index (χ2v) is 5.21. The molecule has 0 aromatic carbocycles. The van der Waals surface area contributed by atoms with Crippen molar-refractivity contribution < 1.29 is 5.11 Å². The third-order valence-corrected chi connectivity index (χ3v) is 3.78. The molecule has 0 amide bonds. The van der Waals surface area contributed by atoms with Crippen LogP contribution in [-0.2, 0) is 13.1 Å². The van der Waals surface area contributed by atoms with Gasteiger partial charge in [0, 0.05) is 11.1 Å². The largest absolute Gasteiger partial charge is 0.394 e. The average molecular weight is 331 g/mol. The molecule has 8 heteroatoms. The van der Waals surface area contributed by atoms with Gasteiger partial charge in [-0.2, -0.15) is 5.10 Å². The van der Waals surface area contributed by atoms with E-state index in [2.05, 4.69) is 31.3 Å². The van der Waals surface area contributed by atoms with E-state index in [-0.39, 0.29) is 18.7 Å². The van der Waals surface area contributed by atoms with Crippen LogP contribution in [0.15, 0.2) is 27.2 Å². The third kappa shape index (κ3) is 2.95. The van der Waals surface area contributed by atoms with E-state index in [1.165, 1.54) is 16.0 Å². The first-order chi connectivity index (χ1) is 8.72. The van der Waals surface area contributed by atoms with E-state index in [0.717, 1.165) is 4.88 Å². The molecule has 0 saturated carbocycles. The normalized spacial score (nSPS) is 10.6. The standard InChI is InChI=1S/C10H11BrN4O2S/c11-9-8(13-4-7-3-12-6-18-7)5-14-15(1-2-16)10(9)17/h3,5-6,13,16H,1-2,4H2. The predicted molar refractivity (Wildman–Crippen MR) is 72.7 cm³/mol. The summed E-state index contributed by atoms with van der Waals surface area (Å²) in [6.45, 7) is 0.661. The minimum atomic E-state index is -0.265. The monoisotopic (exact) mass is 330 g/mol. The fourth-order valence-corrected chi connectivity index (χ4v) is 2.34. The second kappa shape index (κ2) is 6.07. The van der Waals surface area contributed by atoms with Crippen molar-refractivity contribution in [2.24, 2.45) is 0 Å². The number of nitrogens with zero attached hydrogens (tertiary/aromatic N) is 3.